The van der Waals surface area contributed by atoms with Gasteiger partial charge in [-0.25, -0.2) is 4.98 Å². The smallest absolute Gasteiger partial charge is 0.300 e. The van der Waals surface area contributed by atoms with Crippen LogP contribution in [0.5, 0.6) is 0 Å². The van der Waals surface area contributed by atoms with E-state index in [2.05, 4.69) is 4.98 Å². The van der Waals surface area contributed by atoms with E-state index in [9.17, 15) is 14.9 Å². The predicted molar refractivity (Wildman–Crippen MR) is 71.8 cm³/mol. The van der Waals surface area contributed by atoms with Gasteiger partial charge in [0.2, 0.25) is 0 Å². The normalized spacial score (nSPS) is 18.9. The summed E-state index contributed by atoms with van der Waals surface area (Å²) in [5.74, 6) is -0.414. The topological polar surface area (TPSA) is 85.6 Å². The zero-order valence-electron chi connectivity index (χ0n) is 10.9. The van der Waals surface area contributed by atoms with Crippen molar-refractivity contribution in [2.45, 2.75) is 19.4 Å². The van der Waals surface area contributed by atoms with E-state index in [1.807, 2.05) is 6.92 Å². The first kappa shape index (κ1) is 14.7. The Morgan fingerprint density at radius 1 is 1.70 bits per heavy atom. The number of hydrogen-bond acceptors (Lipinski definition) is 5. The van der Waals surface area contributed by atoms with Crippen LogP contribution in [0.4, 0.5) is 5.69 Å². The van der Waals surface area contributed by atoms with E-state index in [1.54, 1.807) is 4.90 Å². The van der Waals surface area contributed by atoms with E-state index >= 15 is 0 Å². The second-order valence-electron chi connectivity index (χ2n) is 4.43. The number of rotatable bonds is 3. The highest BCUT2D eigenvalue weighted by atomic mass is 35.5. The van der Waals surface area contributed by atoms with E-state index in [4.69, 9.17) is 16.3 Å². The number of pyridine rings is 1. The number of nitrogens with zero attached hydrogens (tertiary/aromatic N) is 3. The molecule has 1 amide bonds. The van der Waals surface area contributed by atoms with Crippen molar-refractivity contribution in [2.75, 3.05) is 19.7 Å². The molecule has 2 rings (SSSR count). The molecule has 0 N–H and O–H groups in total. The SMILES string of the molecule is CCC1CN(C(=O)c2cc(Cl)ncc2[N+](=O)[O-])CCO1. The molecule has 20 heavy (non-hydrogen) atoms. The first-order chi connectivity index (χ1) is 9.52. The summed E-state index contributed by atoms with van der Waals surface area (Å²) in [6, 6.07) is 1.23. The molecule has 1 aliphatic rings. The molecule has 1 saturated heterocycles. The van der Waals surface area contributed by atoms with Gasteiger partial charge in [0.15, 0.2) is 0 Å². The lowest BCUT2D eigenvalue weighted by Gasteiger charge is -2.32. The van der Waals surface area contributed by atoms with Crippen LogP contribution in [0.2, 0.25) is 5.15 Å². The van der Waals surface area contributed by atoms with Crippen molar-refractivity contribution in [1.82, 2.24) is 9.88 Å². The van der Waals surface area contributed by atoms with E-state index in [0.29, 0.717) is 19.7 Å². The van der Waals surface area contributed by atoms with Crippen LogP contribution < -0.4 is 0 Å². The molecular weight excluding hydrogens is 286 g/mol. The number of nitro groups is 1. The van der Waals surface area contributed by atoms with Gasteiger partial charge in [0.1, 0.15) is 16.9 Å². The highest BCUT2D eigenvalue weighted by Gasteiger charge is 2.29. The molecular formula is C12H14ClN3O4. The van der Waals surface area contributed by atoms with Gasteiger partial charge in [-0.15, -0.1) is 0 Å². The molecule has 7 nitrogen and oxygen atoms in total. The van der Waals surface area contributed by atoms with Crippen LogP contribution in [0, 0.1) is 10.1 Å². The lowest BCUT2D eigenvalue weighted by Crippen LogP contribution is -2.45. The Morgan fingerprint density at radius 2 is 2.45 bits per heavy atom. The molecule has 1 fully saturated rings. The third-order valence-electron chi connectivity index (χ3n) is 3.16. The van der Waals surface area contributed by atoms with Gasteiger partial charge in [-0.05, 0) is 12.5 Å². The summed E-state index contributed by atoms with van der Waals surface area (Å²) in [5.41, 5.74) is -0.370. The zero-order chi connectivity index (χ0) is 14.7. The average Bonchev–Trinajstić information content (AvgIpc) is 2.46. The largest absolute Gasteiger partial charge is 0.375 e. The number of aromatic nitrogens is 1. The van der Waals surface area contributed by atoms with Gasteiger partial charge in [0, 0.05) is 13.1 Å². The number of amides is 1. The van der Waals surface area contributed by atoms with Crippen LogP contribution in [0.1, 0.15) is 23.7 Å². The third kappa shape index (κ3) is 3.05. The zero-order valence-corrected chi connectivity index (χ0v) is 11.7. The van der Waals surface area contributed by atoms with Crippen molar-refractivity contribution in [3.05, 3.63) is 33.1 Å². The fraction of sp³-hybridized carbons (Fsp3) is 0.500. The maximum atomic E-state index is 12.4. The molecule has 0 radical (unpaired) electrons. The van der Waals surface area contributed by atoms with Crippen molar-refractivity contribution < 1.29 is 14.5 Å². The van der Waals surface area contributed by atoms with E-state index < -0.39 is 10.8 Å². The van der Waals surface area contributed by atoms with Gasteiger partial charge in [-0.3, -0.25) is 14.9 Å². The van der Waals surface area contributed by atoms with Crippen molar-refractivity contribution in [2.24, 2.45) is 0 Å². The number of hydrogen-bond donors (Lipinski definition) is 0. The molecule has 1 unspecified atom stereocenters. The maximum Gasteiger partial charge on any atom is 0.300 e. The molecule has 0 bridgehead atoms. The van der Waals surface area contributed by atoms with Gasteiger partial charge in [-0.2, -0.15) is 0 Å². The Hall–Kier alpha value is -1.73. The fourth-order valence-corrected chi connectivity index (χ4v) is 2.22. The lowest BCUT2D eigenvalue weighted by molar-refractivity contribution is -0.385. The van der Waals surface area contributed by atoms with Gasteiger partial charge in [-0.1, -0.05) is 18.5 Å². The Bertz CT molecular complexity index is 537. The molecule has 8 heteroatoms. The van der Waals surface area contributed by atoms with Gasteiger partial charge < -0.3 is 9.64 Å². The van der Waals surface area contributed by atoms with Crippen LogP contribution in [0.25, 0.3) is 0 Å². The fourth-order valence-electron chi connectivity index (χ4n) is 2.06. The van der Waals surface area contributed by atoms with E-state index in [1.165, 1.54) is 6.07 Å². The van der Waals surface area contributed by atoms with Gasteiger partial charge in [0.25, 0.3) is 11.6 Å². The van der Waals surface area contributed by atoms with Crippen LogP contribution >= 0.6 is 11.6 Å². The Balaban J connectivity index is 2.28. The Kier molecular flexibility index (Phi) is 4.51. The minimum absolute atomic E-state index is 0.0354. The number of halogens is 1. The highest BCUT2D eigenvalue weighted by molar-refractivity contribution is 6.29. The second kappa shape index (κ2) is 6.15. The van der Waals surface area contributed by atoms with Crippen LogP contribution in [-0.2, 0) is 4.74 Å². The number of carbonyl (C=O) groups excluding carboxylic acids is 1. The molecule has 2 heterocycles. The summed E-state index contributed by atoms with van der Waals surface area (Å²) in [5, 5.41) is 11.0. The standard InChI is InChI=1S/C12H14ClN3O4/c1-2-8-7-15(3-4-20-8)12(17)9-5-11(13)14-6-10(9)16(18)19/h5-6,8H,2-4,7H2,1H3. The molecule has 1 aliphatic heterocycles. The minimum Gasteiger partial charge on any atom is -0.375 e. The molecule has 0 aromatic carbocycles. The molecule has 0 saturated carbocycles. The van der Waals surface area contributed by atoms with E-state index in [0.717, 1.165) is 12.6 Å². The molecule has 108 valence electrons. The molecule has 1 atom stereocenters. The van der Waals surface area contributed by atoms with Gasteiger partial charge in [0.05, 0.1) is 17.6 Å². The van der Waals surface area contributed by atoms with Crippen LogP contribution in [-0.4, -0.2) is 46.5 Å². The van der Waals surface area contributed by atoms with E-state index in [-0.39, 0.29) is 22.5 Å². The quantitative estimate of drug-likeness (QED) is 0.483. The monoisotopic (exact) mass is 299 g/mol. The summed E-state index contributed by atoms with van der Waals surface area (Å²) in [7, 11) is 0. The first-order valence-corrected chi connectivity index (χ1v) is 6.61. The minimum atomic E-state index is -0.631. The summed E-state index contributed by atoms with van der Waals surface area (Å²) in [4.78, 5) is 28.0. The number of morpholine rings is 1. The van der Waals surface area contributed by atoms with Crippen molar-refractivity contribution >= 4 is 23.2 Å². The summed E-state index contributed by atoms with van der Waals surface area (Å²) in [6.45, 7) is 3.22. The van der Waals surface area contributed by atoms with Crippen molar-refractivity contribution in [3.63, 3.8) is 0 Å². The molecule has 1 aromatic heterocycles. The Labute approximate surface area is 120 Å². The first-order valence-electron chi connectivity index (χ1n) is 6.23. The summed E-state index contributed by atoms with van der Waals surface area (Å²) >= 11 is 5.73. The predicted octanol–water partition coefficient (Wildman–Crippen LogP) is 1.89. The lowest BCUT2D eigenvalue weighted by atomic mass is 10.1. The number of ether oxygens (including phenoxy) is 1. The van der Waals surface area contributed by atoms with Crippen LogP contribution in [0.3, 0.4) is 0 Å². The van der Waals surface area contributed by atoms with Gasteiger partial charge >= 0.3 is 0 Å². The third-order valence-corrected chi connectivity index (χ3v) is 3.36. The van der Waals surface area contributed by atoms with Crippen LogP contribution in [0.15, 0.2) is 12.3 Å². The molecule has 1 aromatic rings. The maximum absolute atomic E-state index is 12.4. The second-order valence-corrected chi connectivity index (χ2v) is 4.82. The molecule has 0 aliphatic carbocycles. The summed E-state index contributed by atoms with van der Waals surface area (Å²) < 4.78 is 5.48. The average molecular weight is 300 g/mol. The van der Waals surface area contributed by atoms with Crippen molar-refractivity contribution in [3.8, 4) is 0 Å². The summed E-state index contributed by atoms with van der Waals surface area (Å²) in [6.07, 6.45) is 1.75. The number of carbonyl (C=O) groups is 1. The molecule has 0 spiro atoms. The van der Waals surface area contributed by atoms with Crippen molar-refractivity contribution in [1.29, 1.82) is 0 Å². The Morgan fingerprint density at radius 3 is 3.10 bits per heavy atom. The highest BCUT2D eigenvalue weighted by Crippen LogP contribution is 2.23.